The third-order valence-electron chi connectivity index (χ3n) is 8.53. The predicted octanol–water partition coefficient (Wildman–Crippen LogP) is -1.24. The normalized spacial score (nSPS) is 9.67. The van der Waals surface area contributed by atoms with E-state index in [1.807, 2.05) is 24.3 Å². The van der Waals surface area contributed by atoms with Gasteiger partial charge in [0.1, 0.15) is 0 Å². The van der Waals surface area contributed by atoms with Gasteiger partial charge in [0.05, 0.1) is 69.9 Å². The maximum Gasteiger partial charge on any atom is 1.00 e. The zero-order valence-corrected chi connectivity index (χ0v) is 45.0. The molecule has 1 N–H and O–H groups in total. The Morgan fingerprint density at radius 1 is 0.643 bits per heavy atom. The van der Waals surface area contributed by atoms with Crippen LogP contribution in [0.15, 0.2) is 141 Å². The maximum absolute atomic E-state index is 11.4. The molecule has 27 heteroatoms. The molecule has 0 saturated heterocycles. The van der Waals surface area contributed by atoms with Gasteiger partial charge in [0.25, 0.3) is 6.47 Å². The number of tetrazole rings is 3. The summed E-state index contributed by atoms with van der Waals surface area (Å²) in [5.74, 6) is 2.67. The number of nitrogens with zero attached hydrogens (tertiary/aromatic N) is 11. The van der Waals surface area contributed by atoms with Crippen LogP contribution in [-0.4, -0.2) is 107 Å². The number of methoxy groups -OCH3 is 3. The molecule has 0 bridgehead atoms. The fourth-order valence-electron chi connectivity index (χ4n) is 5.29. The van der Waals surface area contributed by atoms with E-state index in [9.17, 15) is 14.4 Å². The number of carbonyl (C=O) groups excluding carboxylic acids is 4. The van der Waals surface area contributed by atoms with E-state index < -0.39 is 0 Å². The van der Waals surface area contributed by atoms with Gasteiger partial charge in [0, 0.05) is 5.88 Å². The largest absolute Gasteiger partial charge is 1.00 e. The van der Waals surface area contributed by atoms with Gasteiger partial charge in [-0.15, -0.1) is 37.1 Å². The maximum atomic E-state index is 11.4. The van der Waals surface area contributed by atoms with Gasteiger partial charge in [-0.3, -0.25) is 4.79 Å². The molecule has 0 saturated carbocycles. The standard InChI is InChI=1S/2C14H12N4O3.C9H9ClO2.C5H4N4O.CH2O3.2K.H/c1-20-14(19)11-6-4-10(5-7-11)9-18-13(15-16-17-18)12-3-2-8-21-12;1-20-14(19)11-6-4-10(5-7-11)9-18-16-13(15-17-18)12-3-2-8-21-12;1-12-9(11)8-4-2-7(6-10)3-5-8;1-2-4(10-3-1)5-6-8-9-7-5;2-1-4-3;;;/h2*2-8H,9H2,1H3;2-5H,6H2,1H3;1-3H,(H,6,7,8,9);1,3H;;;/q;;;;;2*+1;-1/p-1. The first-order chi connectivity index (χ1) is 33.2. The van der Waals surface area contributed by atoms with Crippen molar-refractivity contribution in [2.45, 2.75) is 19.0 Å². The smallest absolute Gasteiger partial charge is 1.00 e. The molecule has 6 aromatic heterocycles. The van der Waals surface area contributed by atoms with Crippen molar-refractivity contribution in [1.29, 1.82) is 0 Å². The number of aromatic amines is 1. The van der Waals surface area contributed by atoms with Gasteiger partial charge in [-0.05, 0) is 110 Å². The van der Waals surface area contributed by atoms with Crippen molar-refractivity contribution in [3.63, 3.8) is 0 Å². The number of aromatic nitrogens is 12. The Morgan fingerprint density at radius 2 is 1.10 bits per heavy atom. The first-order valence-electron chi connectivity index (χ1n) is 19.4. The Morgan fingerprint density at radius 3 is 1.51 bits per heavy atom. The Hall–Kier alpha value is -5.89. The first kappa shape index (κ1) is 58.4. The second-order valence-corrected chi connectivity index (χ2v) is 13.1. The molecule has 0 unspecified atom stereocenters. The number of halogens is 1. The molecule has 3 aromatic carbocycles. The number of furan rings is 3. The second kappa shape index (κ2) is 32.1. The second-order valence-electron chi connectivity index (χ2n) is 12.9. The van der Waals surface area contributed by atoms with Crippen molar-refractivity contribution in [3.05, 3.63) is 161 Å². The molecule has 24 nitrogen and oxygen atoms in total. The van der Waals surface area contributed by atoms with Crippen molar-refractivity contribution in [3.8, 4) is 34.8 Å². The summed E-state index contributed by atoms with van der Waals surface area (Å²) in [6, 6.07) is 31.8. The number of alkyl halides is 1. The minimum atomic E-state index is -0.361. The number of hydrogen-bond donors (Lipinski definition) is 1. The Kier molecular flexibility index (Phi) is 26.8. The quantitative estimate of drug-likeness (QED) is 0.0285. The van der Waals surface area contributed by atoms with Crippen molar-refractivity contribution >= 4 is 36.0 Å². The van der Waals surface area contributed by atoms with Gasteiger partial charge < -0.3 is 39.0 Å². The van der Waals surface area contributed by atoms with Crippen LogP contribution in [0, 0.1) is 0 Å². The van der Waals surface area contributed by atoms with Gasteiger partial charge in [0.15, 0.2) is 17.3 Å². The third-order valence-corrected chi connectivity index (χ3v) is 8.84. The molecular weight excluding hydrogens is 990 g/mol. The number of rotatable bonds is 12. The summed E-state index contributed by atoms with van der Waals surface area (Å²) < 4.78 is 31.0. The number of H-pyrrole nitrogens is 1. The topological polar surface area (TPSA) is 309 Å². The van der Waals surface area contributed by atoms with E-state index >= 15 is 0 Å². The SMILES string of the molecule is COC(=O)c1ccc(CCl)cc1.COC(=O)c1ccc(Cn2nnc(-c3ccco3)n2)cc1.COC(=O)c1ccc(Cn2nnnc2-c2ccco2)cc1.O=CO[O-].[H-].[K+].[K+].c1coc(-c2nn[nH]n2)c1. The van der Waals surface area contributed by atoms with E-state index in [0.717, 1.165) is 16.7 Å². The van der Waals surface area contributed by atoms with Crippen LogP contribution in [-0.2, 0) is 42.9 Å². The number of esters is 3. The molecule has 0 aliphatic carbocycles. The molecule has 0 aliphatic heterocycles. The van der Waals surface area contributed by atoms with Gasteiger partial charge in [0.2, 0.25) is 17.5 Å². The number of carbonyl (C=O) groups is 4. The van der Waals surface area contributed by atoms with Crippen molar-refractivity contribution in [1.82, 2.24) is 61.0 Å². The minimum Gasteiger partial charge on any atom is -1.00 e. The third kappa shape index (κ3) is 18.5. The number of ether oxygens (including phenoxy) is 3. The number of benzene rings is 3. The van der Waals surface area contributed by atoms with Gasteiger partial charge >= 0.3 is 121 Å². The summed E-state index contributed by atoms with van der Waals surface area (Å²) in [5, 5.41) is 45.3. The fourth-order valence-corrected chi connectivity index (χ4v) is 5.47. The van der Waals surface area contributed by atoms with Crippen LogP contribution in [0.3, 0.4) is 0 Å². The van der Waals surface area contributed by atoms with Crippen LogP contribution >= 0.6 is 11.6 Å². The minimum absolute atomic E-state index is 0. The monoisotopic (exact) mass is 1030 g/mol. The van der Waals surface area contributed by atoms with Gasteiger partial charge in [-0.1, -0.05) is 36.4 Å². The summed E-state index contributed by atoms with van der Waals surface area (Å²) in [7, 11) is 4.07. The first-order valence-corrected chi connectivity index (χ1v) is 19.9. The summed E-state index contributed by atoms with van der Waals surface area (Å²) in [5.41, 5.74) is 4.46. The Balaban J connectivity index is 0.000000324. The van der Waals surface area contributed by atoms with E-state index in [1.165, 1.54) is 26.1 Å². The average molecular weight is 1030 g/mol. The van der Waals surface area contributed by atoms with Crippen LogP contribution < -0.4 is 108 Å². The van der Waals surface area contributed by atoms with Crippen molar-refractivity contribution in [2.24, 2.45) is 0 Å². The molecule has 9 aromatic rings. The molecule has 70 heavy (non-hydrogen) atoms. The number of nitrogens with one attached hydrogen (secondary N) is 1. The van der Waals surface area contributed by atoms with E-state index in [2.05, 4.69) is 70.7 Å². The fraction of sp³-hybridized carbons (Fsp3) is 0.140. The number of hydrogen-bond acceptors (Lipinski definition) is 21. The summed E-state index contributed by atoms with van der Waals surface area (Å²) in [4.78, 5) is 46.4. The summed E-state index contributed by atoms with van der Waals surface area (Å²) >= 11 is 5.58. The van der Waals surface area contributed by atoms with Crippen LogP contribution in [0.1, 0.15) is 49.2 Å². The summed E-state index contributed by atoms with van der Waals surface area (Å²) in [6.45, 7) is 0.750. The van der Waals surface area contributed by atoms with Gasteiger partial charge in [-0.2, -0.15) is 10.0 Å². The molecule has 0 amide bonds. The Bertz CT molecular complexity index is 2820. The summed E-state index contributed by atoms with van der Waals surface area (Å²) in [6.07, 6.45) is 4.69. The van der Waals surface area contributed by atoms with E-state index in [4.69, 9.17) is 34.9 Å². The van der Waals surface area contributed by atoms with E-state index in [0.29, 0.717) is 70.4 Å². The van der Waals surface area contributed by atoms with Crippen LogP contribution in [0.2, 0.25) is 0 Å². The van der Waals surface area contributed by atoms with E-state index in [1.54, 1.807) is 108 Å². The zero-order valence-electron chi connectivity index (χ0n) is 39.0. The van der Waals surface area contributed by atoms with E-state index in [-0.39, 0.29) is 129 Å². The van der Waals surface area contributed by atoms with Crippen molar-refractivity contribution in [2.75, 3.05) is 21.3 Å². The average Bonchev–Trinajstić information content (AvgIpc) is 4.25. The van der Waals surface area contributed by atoms with Crippen LogP contribution in [0.4, 0.5) is 0 Å². The predicted molar refractivity (Wildman–Crippen MR) is 232 cm³/mol. The molecule has 0 spiro atoms. The molecular formula is C43H39ClK2N12O12. The molecule has 9 rings (SSSR count). The molecule has 0 fully saturated rings. The van der Waals surface area contributed by atoms with Crippen LogP contribution in [0.25, 0.3) is 34.8 Å². The van der Waals surface area contributed by atoms with Gasteiger partial charge in [-0.25, -0.2) is 19.1 Å². The molecule has 0 radical (unpaired) electrons. The molecule has 352 valence electrons. The van der Waals surface area contributed by atoms with Crippen LogP contribution in [0.5, 0.6) is 0 Å². The van der Waals surface area contributed by atoms with Crippen molar-refractivity contribution < 1.29 is 161 Å². The zero-order chi connectivity index (χ0) is 48.5. The Labute approximate surface area is 488 Å². The molecule has 6 heterocycles. The molecule has 0 atom stereocenters. The molecule has 0 aliphatic rings.